The zero-order chi connectivity index (χ0) is 16.2. The van der Waals surface area contributed by atoms with Crippen molar-refractivity contribution in [2.45, 2.75) is 20.3 Å². The Kier molecular flexibility index (Phi) is 5.59. The number of carbonyl (C=O) groups excluding carboxylic acids is 1. The maximum Gasteiger partial charge on any atom is 0.257 e. The van der Waals surface area contributed by atoms with Gasteiger partial charge in [-0.05, 0) is 12.0 Å². The van der Waals surface area contributed by atoms with Crippen LogP contribution in [0.1, 0.15) is 30.6 Å². The van der Waals surface area contributed by atoms with Crippen molar-refractivity contribution in [3.63, 3.8) is 0 Å². The normalized spacial score (nSPS) is 10.5. The molecule has 1 aromatic rings. The van der Waals surface area contributed by atoms with Crippen LogP contribution in [-0.2, 0) is 0 Å². The highest BCUT2D eigenvalue weighted by molar-refractivity contribution is 5.95. The number of aromatic hydroxyl groups is 1. The van der Waals surface area contributed by atoms with Crippen molar-refractivity contribution in [2.75, 3.05) is 13.1 Å². The number of carbonyl (C=O) groups is 1. The van der Waals surface area contributed by atoms with Crippen LogP contribution in [0.15, 0.2) is 6.07 Å². The molecule has 0 fully saturated rings. The lowest BCUT2D eigenvalue weighted by molar-refractivity contribution is 0.0733. The molecule has 1 amide bonds. The second kappa shape index (κ2) is 6.97. The van der Waals surface area contributed by atoms with Gasteiger partial charge in [-0.1, -0.05) is 13.8 Å². The molecular formula is C14H15F3N2O2. The van der Waals surface area contributed by atoms with Crippen molar-refractivity contribution in [1.29, 1.82) is 5.26 Å². The minimum atomic E-state index is -1.74. The van der Waals surface area contributed by atoms with Crippen LogP contribution in [0.2, 0.25) is 0 Å². The molecule has 0 saturated heterocycles. The maximum absolute atomic E-state index is 13.7. The van der Waals surface area contributed by atoms with Gasteiger partial charge in [0, 0.05) is 13.1 Å². The van der Waals surface area contributed by atoms with Gasteiger partial charge < -0.3 is 10.0 Å². The fraction of sp³-hybridized carbons (Fsp3) is 0.429. The quantitative estimate of drug-likeness (QED) is 0.850. The summed E-state index contributed by atoms with van der Waals surface area (Å²) in [5.74, 6) is -7.15. The van der Waals surface area contributed by atoms with Crippen LogP contribution >= 0.6 is 0 Å². The summed E-state index contributed by atoms with van der Waals surface area (Å²) in [7, 11) is 0. The summed E-state index contributed by atoms with van der Waals surface area (Å²) < 4.78 is 40.0. The van der Waals surface area contributed by atoms with Crippen molar-refractivity contribution >= 4 is 5.91 Å². The predicted molar refractivity (Wildman–Crippen MR) is 69.0 cm³/mol. The van der Waals surface area contributed by atoms with E-state index in [4.69, 9.17) is 10.4 Å². The molecule has 114 valence electrons. The first-order chi connectivity index (χ1) is 9.79. The van der Waals surface area contributed by atoms with Crippen LogP contribution in [-0.4, -0.2) is 29.0 Å². The predicted octanol–water partition coefficient (Wildman–Crippen LogP) is 2.82. The van der Waals surface area contributed by atoms with E-state index in [1.54, 1.807) is 0 Å². The Hall–Kier alpha value is -2.23. The Morgan fingerprint density at radius 3 is 2.52 bits per heavy atom. The summed E-state index contributed by atoms with van der Waals surface area (Å²) in [6, 6.07) is 2.26. The van der Waals surface area contributed by atoms with E-state index in [0.29, 0.717) is 6.07 Å². The molecular weight excluding hydrogens is 285 g/mol. The Labute approximate surface area is 120 Å². The summed E-state index contributed by atoms with van der Waals surface area (Å²) in [4.78, 5) is 13.4. The third-order valence-corrected chi connectivity index (χ3v) is 2.73. The number of hydrogen-bond donors (Lipinski definition) is 1. The maximum atomic E-state index is 13.7. The van der Waals surface area contributed by atoms with Crippen LogP contribution in [0.5, 0.6) is 5.75 Å². The van der Waals surface area contributed by atoms with Gasteiger partial charge in [0.15, 0.2) is 17.4 Å². The largest absolute Gasteiger partial charge is 0.503 e. The van der Waals surface area contributed by atoms with Gasteiger partial charge in [-0.15, -0.1) is 0 Å². The second-order valence-corrected chi connectivity index (χ2v) is 4.94. The highest BCUT2D eigenvalue weighted by Crippen LogP contribution is 2.26. The molecule has 0 bridgehead atoms. The molecule has 0 unspecified atom stereocenters. The Bertz CT molecular complexity index is 583. The standard InChI is InChI=1S/C14H15F3N2O2/c1-8(2)7-19(5-3-4-18)14(21)9-6-10(15)12(17)13(20)11(9)16/h6,8,20H,3,5,7H2,1-2H3. The molecule has 0 saturated carbocycles. The van der Waals surface area contributed by atoms with Gasteiger partial charge in [0.2, 0.25) is 5.82 Å². The molecule has 1 aromatic carbocycles. The Balaban J connectivity index is 3.17. The SMILES string of the molecule is CC(C)CN(CCC#N)C(=O)c1cc(F)c(F)c(O)c1F. The van der Waals surface area contributed by atoms with E-state index < -0.39 is 34.7 Å². The molecule has 0 atom stereocenters. The summed E-state index contributed by atoms with van der Waals surface area (Å²) >= 11 is 0. The monoisotopic (exact) mass is 300 g/mol. The lowest BCUT2D eigenvalue weighted by Gasteiger charge is -2.24. The number of amides is 1. The number of halogens is 3. The number of nitrogens with zero attached hydrogens (tertiary/aromatic N) is 2. The first kappa shape index (κ1) is 16.8. The van der Waals surface area contributed by atoms with E-state index in [2.05, 4.69) is 0 Å². The Morgan fingerprint density at radius 1 is 1.38 bits per heavy atom. The lowest BCUT2D eigenvalue weighted by atomic mass is 10.1. The van der Waals surface area contributed by atoms with Crippen molar-refractivity contribution < 1.29 is 23.1 Å². The van der Waals surface area contributed by atoms with Crippen molar-refractivity contribution in [3.8, 4) is 11.8 Å². The van der Waals surface area contributed by atoms with E-state index in [-0.39, 0.29) is 25.4 Å². The average molecular weight is 300 g/mol. The molecule has 1 rings (SSSR count). The highest BCUT2D eigenvalue weighted by atomic mass is 19.2. The first-order valence-corrected chi connectivity index (χ1v) is 6.32. The molecule has 0 spiro atoms. The van der Waals surface area contributed by atoms with Gasteiger partial charge >= 0.3 is 0 Å². The summed E-state index contributed by atoms with van der Waals surface area (Å²) in [5.41, 5.74) is -0.759. The number of rotatable bonds is 5. The minimum Gasteiger partial charge on any atom is -0.503 e. The van der Waals surface area contributed by atoms with E-state index in [9.17, 15) is 18.0 Å². The number of benzene rings is 1. The fourth-order valence-electron chi connectivity index (χ4n) is 1.82. The second-order valence-electron chi connectivity index (χ2n) is 4.94. The molecule has 0 aromatic heterocycles. The third kappa shape index (κ3) is 3.88. The topological polar surface area (TPSA) is 64.3 Å². The third-order valence-electron chi connectivity index (χ3n) is 2.73. The van der Waals surface area contributed by atoms with E-state index in [1.807, 2.05) is 19.9 Å². The van der Waals surface area contributed by atoms with Crippen molar-refractivity contribution in [3.05, 3.63) is 29.1 Å². The number of hydrogen-bond acceptors (Lipinski definition) is 3. The molecule has 0 aliphatic heterocycles. The number of phenols is 1. The smallest absolute Gasteiger partial charge is 0.257 e. The van der Waals surface area contributed by atoms with E-state index >= 15 is 0 Å². The molecule has 7 heteroatoms. The molecule has 4 nitrogen and oxygen atoms in total. The summed E-state index contributed by atoms with van der Waals surface area (Å²) in [6.07, 6.45) is 0.0235. The zero-order valence-electron chi connectivity index (χ0n) is 11.7. The first-order valence-electron chi connectivity index (χ1n) is 6.32. The van der Waals surface area contributed by atoms with Gasteiger partial charge in [-0.3, -0.25) is 4.79 Å². The van der Waals surface area contributed by atoms with Gasteiger partial charge in [-0.25, -0.2) is 8.78 Å². The van der Waals surface area contributed by atoms with Crippen LogP contribution in [0, 0.1) is 34.7 Å². The highest BCUT2D eigenvalue weighted by Gasteiger charge is 2.26. The summed E-state index contributed by atoms with van der Waals surface area (Å²) in [5, 5.41) is 17.7. The van der Waals surface area contributed by atoms with E-state index in [1.165, 1.54) is 4.90 Å². The van der Waals surface area contributed by atoms with Gasteiger partial charge in [0.1, 0.15) is 0 Å². The summed E-state index contributed by atoms with van der Waals surface area (Å²) in [6.45, 7) is 3.88. The minimum absolute atomic E-state index is 0.0235. The van der Waals surface area contributed by atoms with Crippen molar-refractivity contribution in [1.82, 2.24) is 4.90 Å². The Morgan fingerprint density at radius 2 is 2.00 bits per heavy atom. The number of phenolic OH excluding ortho intramolecular Hbond substituents is 1. The van der Waals surface area contributed by atoms with Crippen molar-refractivity contribution in [2.24, 2.45) is 5.92 Å². The fourth-order valence-corrected chi connectivity index (χ4v) is 1.82. The van der Waals surface area contributed by atoms with Crippen LogP contribution in [0.25, 0.3) is 0 Å². The van der Waals surface area contributed by atoms with Crippen LogP contribution in [0.4, 0.5) is 13.2 Å². The van der Waals surface area contributed by atoms with Crippen LogP contribution in [0.3, 0.4) is 0 Å². The zero-order valence-corrected chi connectivity index (χ0v) is 11.7. The van der Waals surface area contributed by atoms with Gasteiger partial charge in [0.05, 0.1) is 18.1 Å². The van der Waals surface area contributed by atoms with Gasteiger partial charge in [0.25, 0.3) is 5.91 Å². The lowest BCUT2D eigenvalue weighted by Crippen LogP contribution is -2.35. The van der Waals surface area contributed by atoms with Gasteiger partial charge in [-0.2, -0.15) is 9.65 Å². The molecule has 0 aliphatic carbocycles. The molecule has 0 heterocycles. The molecule has 21 heavy (non-hydrogen) atoms. The molecule has 1 N–H and O–H groups in total. The number of nitriles is 1. The van der Waals surface area contributed by atoms with Crippen LogP contribution < -0.4 is 0 Å². The molecule has 0 radical (unpaired) electrons. The molecule has 0 aliphatic rings. The van der Waals surface area contributed by atoms with E-state index in [0.717, 1.165) is 0 Å². The average Bonchev–Trinajstić information content (AvgIpc) is 2.44.